The maximum absolute atomic E-state index is 13.4. The number of fused-ring (bicyclic) bond motifs is 1. The fourth-order valence-corrected chi connectivity index (χ4v) is 3.59. The van der Waals surface area contributed by atoms with Gasteiger partial charge in [0.25, 0.3) is 5.56 Å². The highest BCUT2D eigenvalue weighted by Crippen LogP contribution is 2.22. The normalized spacial score (nSPS) is 11.0. The summed E-state index contributed by atoms with van der Waals surface area (Å²) in [6, 6.07) is 7.48. The molecule has 0 aliphatic heterocycles. The Morgan fingerprint density at radius 1 is 1.36 bits per heavy atom. The molecule has 0 saturated heterocycles. The van der Waals surface area contributed by atoms with Crippen LogP contribution in [0.3, 0.4) is 0 Å². The maximum Gasteiger partial charge on any atom is 0.261 e. The number of aromatic nitrogens is 2. The molecule has 0 radical (unpaired) electrons. The number of hydrogen-bond donors (Lipinski definition) is 0. The van der Waals surface area contributed by atoms with Gasteiger partial charge in [-0.15, -0.1) is 11.3 Å². The molecule has 3 aromatic rings. The van der Waals surface area contributed by atoms with E-state index in [4.69, 9.17) is 11.6 Å². The van der Waals surface area contributed by atoms with E-state index in [0.29, 0.717) is 22.9 Å². The molecule has 0 aliphatic rings. The molecule has 0 spiro atoms. The Hall–Kier alpha value is -2.25. The minimum absolute atomic E-state index is 0.148. The summed E-state index contributed by atoms with van der Waals surface area (Å²) in [7, 11) is 0. The number of carbonyl (C=O) groups excluding carboxylic acids is 1. The predicted octanol–water partition coefficient (Wildman–Crippen LogP) is 3.30. The average Bonchev–Trinajstić information content (AvgIpc) is 3.00. The molecule has 25 heavy (non-hydrogen) atoms. The lowest BCUT2D eigenvalue weighted by atomic mass is 10.2. The lowest BCUT2D eigenvalue weighted by molar-refractivity contribution is -0.132. The molecule has 2 aromatic heterocycles. The van der Waals surface area contributed by atoms with Crippen molar-refractivity contribution in [2.45, 2.75) is 20.0 Å². The lowest BCUT2D eigenvalue weighted by Gasteiger charge is -2.20. The molecule has 1 amide bonds. The van der Waals surface area contributed by atoms with E-state index in [-0.39, 0.29) is 17.8 Å². The van der Waals surface area contributed by atoms with Gasteiger partial charge in [-0.1, -0.05) is 11.6 Å². The fraction of sp³-hybridized carbons (Fsp3) is 0.235. The molecule has 3 rings (SSSR count). The number of nitrogens with zero attached hydrogens (tertiary/aromatic N) is 3. The molecule has 0 unspecified atom stereocenters. The average molecular weight is 380 g/mol. The largest absolute Gasteiger partial charge is 0.336 e. The molecule has 0 fully saturated rings. The van der Waals surface area contributed by atoms with E-state index in [1.54, 1.807) is 11.0 Å². The van der Waals surface area contributed by atoms with Crippen molar-refractivity contribution in [2.75, 3.05) is 6.54 Å². The van der Waals surface area contributed by atoms with Crippen LogP contribution in [0, 0.1) is 5.82 Å². The van der Waals surface area contributed by atoms with Gasteiger partial charge in [0.2, 0.25) is 5.91 Å². The molecular formula is C17H15ClFN3O2S. The Balaban J connectivity index is 1.82. The fourth-order valence-electron chi connectivity index (χ4n) is 2.49. The Kier molecular flexibility index (Phi) is 5.15. The number of halogens is 2. The van der Waals surface area contributed by atoms with Gasteiger partial charge in [-0.05, 0) is 37.3 Å². The van der Waals surface area contributed by atoms with Crippen LogP contribution in [0.4, 0.5) is 4.39 Å². The second kappa shape index (κ2) is 7.33. The molecule has 130 valence electrons. The molecule has 2 heterocycles. The summed E-state index contributed by atoms with van der Waals surface area (Å²) in [5, 5.41) is 0.156. The molecule has 0 bridgehead atoms. The Morgan fingerprint density at radius 2 is 2.16 bits per heavy atom. The van der Waals surface area contributed by atoms with Crippen molar-refractivity contribution in [1.29, 1.82) is 0 Å². The van der Waals surface area contributed by atoms with Crippen LogP contribution in [0.25, 0.3) is 10.9 Å². The van der Waals surface area contributed by atoms with Crippen LogP contribution < -0.4 is 5.56 Å². The third kappa shape index (κ3) is 3.88. The third-order valence-corrected chi connectivity index (χ3v) is 5.02. The molecule has 0 saturated carbocycles. The van der Waals surface area contributed by atoms with Crippen molar-refractivity contribution < 1.29 is 9.18 Å². The number of thiophene rings is 1. The van der Waals surface area contributed by atoms with Crippen LogP contribution >= 0.6 is 22.9 Å². The van der Waals surface area contributed by atoms with Crippen molar-refractivity contribution in [1.82, 2.24) is 14.5 Å². The van der Waals surface area contributed by atoms with Crippen molar-refractivity contribution in [3.63, 3.8) is 0 Å². The quantitative estimate of drug-likeness (QED) is 0.683. The smallest absolute Gasteiger partial charge is 0.261 e. The van der Waals surface area contributed by atoms with Crippen LogP contribution in [-0.4, -0.2) is 26.9 Å². The van der Waals surface area contributed by atoms with Gasteiger partial charge in [-0.2, -0.15) is 0 Å². The molecule has 0 aliphatic carbocycles. The number of likely N-dealkylation sites (N-methyl/N-ethyl adjacent to an activating group) is 1. The van der Waals surface area contributed by atoms with E-state index in [2.05, 4.69) is 4.98 Å². The van der Waals surface area contributed by atoms with Gasteiger partial charge >= 0.3 is 0 Å². The lowest BCUT2D eigenvalue weighted by Crippen LogP contribution is -2.36. The number of amides is 1. The van der Waals surface area contributed by atoms with Gasteiger partial charge in [0.05, 0.1) is 28.1 Å². The van der Waals surface area contributed by atoms with Gasteiger partial charge in [-0.3, -0.25) is 14.2 Å². The SMILES string of the molecule is CCN(Cc1ccc(Cl)s1)C(=O)Cn1cnc2ccc(F)cc2c1=O. The van der Waals surface area contributed by atoms with E-state index in [1.807, 2.05) is 13.0 Å². The highest BCUT2D eigenvalue weighted by Gasteiger charge is 2.15. The van der Waals surface area contributed by atoms with Crippen molar-refractivity contribution in [3.8, 4) is 0 Å². The number of carbonyl (C=O) groups is 1. The van der Waals surface area contributed by atoms with Crippen molar-refractivity contribution >= 4 is 39.7 Å². The highest BCUT2D eigenvalue weighted by atomic mass is 35.5. The monoisotopic (exact) mass is 379 g/mol. The molecule has 0 atom stereocenters. The number of rotatable bonds is 5. The molecule has 8 heteroatoms. The van der Waals surface area contributed by atoms with Gasteiger partial charge in [0.15, 0.2) is 0 Å². The summed E-state index contributed by atoms with van der Waals surface area (Å²) in [6.45, 7) is 2.64. The Morgan fingerprint density at radius 3 is 2.84 bits per heavy atom. The van der Waals surface area contributed by atoms with Crippen LogP contribution in [0.15, 0.2) is 41.5 Å². The molecule has 5 nitrogen and oxygen atoms in total. The van der Waals surface area contributed by atoms with E-state index >= 15 is 0 Å². The zero-order valence-corrected chi connectivity index (χ0v) is 15.0. The van der Waals surface area contributed by atoms with E-state index < -0.39 is 11.4 Å². The first-order chi connectivity index (χ1) is 12.0. The summed E-state index contributed by atoms with van der Waals surface area (Å²) >= 11 is 7.33. The summed E-state index contributed by atoms with van der Waals surface area (Å²) < 4.78 is 15.2. The van der Waals surface area contributed by atoms with Gasteiger partial charge in [-0.25, -0.2) is 9.37 Å². The standard InChI is InChI=1S/C17H15ClFN3O2S/c1-2-21(8-12-4-6-15(18)25-12)16(23)9-22-10-20-14-5-3-11(19)7-13(14)17(22)24/h3-7,10H,2,8-9H2,1H3. The zero-order chi connectivity index (χ0) is 18.0. The maximum atomic E-state index is 13.4. The highest BCUT2D eigenvalue weighted by molar-refractivity contribution is 7.16. The second-order valence-corrected chi connectivity index (χ2v) is 7.25. The van der Waals surface area contributed by atoms with Crippen LogP contribution in [-0.2, 0) is 17.9 Å². The predicted molar refractivity (Wildman–Crippen MR) is 96.4 cm³/mol. The van der Waals surface area contributed by atoms with Crippen molar-refractivity contribution in [3.05, 3.63) is 62.0 Å². The summed E-state index contributed by atoms with van der Waals surface area (Å²) in [5.74, 6) is -0.730. The second-order valence-electron chi connectivity index (χ2n) is 5.45. The van der Waals surface area contributed by atoms with Crippen molar-refractivity contribution in [2.24, 2.45) is 0 Å². The third-order valence-electron chi connectivity index (χ3n) is 3.80. The first kappa shape index (κ1) is 17.6. The Labute approximate surface area is 152 Å². The van der Waals surface area contributed by atoms with Gasteiger partial charge in [0.1, 0.15) is 12.4 Å². The van der Waals surface area contributed by atoms with Gasteiger partial charge < -0.3 is 4.90 Å². The minimum Gasteiger partial charge on any atom is -0.336 e. The number of hydrogen-bond acceptors (Lipinski definition) is 4. The van der Waals surface area contributed by atoms with Gasteiger partial charge in [0, 0.05) is 11.4 Å². The van der Waals surface area contributed by atoms with E-state index in [9.17, 15) is 14.0 Å². The van der Waals surface area contributed by atoms with Crippen LogP contribution in [0.5, 0.6) is 0 Å². The minimum atomic E-state index is -0.514. The first-order valence-corrected chi connectivity index (χ1v) is 8.84. The summed E-state index contributed by atoms with van der Waals surface area (Å²) in [6.07, 6.45) is 1.32. The summed E-state index contributed by atoms with van der Waals surface area (Å²) in [4.78, 5) is 31.7. The Bertz CT molecular complexity index is 985. The molecule has 0 N–H and O–H groups in total. The van der Waals surface area contributed by atoms with E-state index in [0.717, 1.165) is 10.9 Å². The first-order valence-electron chi connectivity index (χ1n) is 7.64. The topological polar surface area (TPSA) is 55.2 Å². The summed E-state index contributed by atoms with van der Waals surface area (Å²) in [5.41, 5.74) is -0.0382. The zero-order valence-electron chi connectivity index (χ0n) is 13.4. The molecule has 1 aromatic carbocycles. The number of benzene rings is 1. The van der Waals surface area contributed by atoms with Crippen LogP contribution in [0.1, 0.15) is 11.8 Å². The van der Waals surface area contributed by atoms with E-state index in [1.165, 1.54) is 34.4 Å². The van der Waals surface area contributed by atoms with Crippen LogP contribution in [0.2, 0.25) is 4.34 Å². The molecular weight excluding hydrogens is 365 g/mol.